The summed E-state index contributed by atoms with van der Waals surface area (Å²) in [7, 11) is 2.19. The molecule has 75 heavy (non-hydrogen) atoms. The molecule has 2 aliphatic heterocycles. The fourth-order valence-electron chi connectivity index (χ4n) is 7.78. The van der Waals surface area contributed by atoms with E-state index in [4.69, 9.17) is 28.7 Å². The zero-order valence-corrected chi connectivity index (χ0v) is 42.5. The van der Waals surface area contributed by atoms with Crippen molar-refractivity contribution >= 4 is 92.5 Å². The average Bonchev–Trinajstić information content (AvgIpc) is 3.85. The van der Waals surface area contributed by atoms with Gasteiger partial charge in [0.15, 0.2) is 5.96 Å². The van der Waals surface area contributed by atoms with Crippen LogP contribution in [0.3, 0.4) is 0 Å². The summed E-state index contributed by atoms with van der Waals surface area (Å²) in [5.74, 6) is -9.75. The predicted molar refractivity (Wildman–Crippen MR) is 276 cm³/mol. The summed E-state index contributed by atoms with van der Waals surface area (Å²) >= 11 is 0. The lowest BCUT2D eigenvalue weighted by Crippen LogP contribution is -2.61. The van der Waals surface area contributed by atoms with Crippen LogP contribution in [0.5, 0.6) is 5.75 Å². The molecule has 0 aliphatic carbocycles. The highest BCUT2D eigenvalue weighted by atomic mass is 33.1. The molecule has 7 unspecified atom stereocenters. The number of primary amides is 3. The van der Waals surface area contributed by atoms with E-state index in [1.54, 1.807) is 42.5 Å². The highest BCUT2D eigenvalue weighted by Gasteiger charge is 2.40. The molecule has 2 fully saturated rings. The van der Waals surface area contributed by atoms with E-state index in [1.165, 1.54) is 17.0 Å². The van der Waals surface area contributed by atoms with Gasteiger partial charge in [-0.2, -0.15) is 0 Å². The van der Waals surface area contributed by atoms with Crippen LogP contribution in [-0.2, 0) is 65.6 Å². The van der Waals surface area contributed by atoms with E-state index in [1.807, 2.05) is 0 Å². The third-order valence-corrected chi connectivity index (χ3v) is 13.9. The summed E-state index contributed by atoms with van der Waals surface area (Å²) in [6.07, 6.45) is -1.34. The molecule has 7 atom stereocenters. The summed E-state index contributed by atoms with van der Waals surface area (Å²) in [5.41, 5.74) is 28.1. The minimum absolute atomic E-state index is 0. The topological polar surface area (TPSA) is 469 Å². The smallest absolute Gasteiger partial charge is 0.246 e. The van der Waals surface area contributed by atoms with Gasteiger partial charge in [-0.1, -0.05) is 64.1 Å². The number of aromatic hydroxyl groups is 1. The number of benzene rings is 2. The third kappa shape index (κ3) is 21.4. The van der Waals surface area contributed by atoms with Gasteiger partial charge in [-0.05, 0) is 55.4 Å². The standard InChI is InChI=1S/C46H64N14O12S2.H2O/c47-35(62)15-14-29-40(67)58-32(22-36(48)63)43(70)59-33(45(72)60-18-5-9-34(60)44(71)56-28(8-4-17-52-46(50)51)39(66)53-23-37(49)64)24-74-73-19-16-38(65)54-30(21-26-10-12-27(61)13-11-26)41(68)57-31(42(69)55-29)20-25-6-2-1-3-7-25;/h1-3,6-7,10-13,28-34,61H,4-5,8-9,14-24H2,(H2,47,62)(H2,48,63)(H2,49,64)(H,53,66)(H,54,65)(H,55,69)(H,56,71)(H,57,68)(H,58,67)(H,59,70)(H4,50,51,52);1H2. The van der Waals surface area contributed by atoms with Crippen LogP contribution in [-0.4, -0.2) is 160 Å². The molecule has 0 spiro atoms. The fourth-order valence-corrected chi connectivity index (χ4v) is 9.93. The quantitative estimate of drug-likeness (QED) is 0.0271. The molecule has 2 aliphatic rings. The lowest BCUT2D eigenvalue weighted by molar-refractivity contribution is -0.142. The molecule has 410 valence electrons. The van der Waals surface area contributed by atoms with Crippen molar-refractivity contribution in [2.24, 2.45) is 33.7 Å². The molecule has 11 amide bonds. The van der Waals surface area contributed by atoms with Gasteiger partial charge in [0, 0.05) is 50.3 Å². The number of nitrogens with one attached hydrogen (secondary N) is 7. The van der Waals surface area contributed by atoms with Gasteiger partial charge in [-0.15, -0.1) is 0 Å². The Morgan fingerprint density at radius 2 is 1.33 bits per heavy atom. The molecular formula is C46H66N14O13S2. The van der Waals surface area contributed by atoms with Crippen LogP contribution in [0.4, 0.5) is 0 Å². The molecule has 0 radical (unpaired) electrons. The second-order valence-electron chi connectivity index (χ2n) is 17.3. The predicted octanol–water partition coefficient (Wildman–Crippen LogP) is -5.17. The van der Waals surface area contributed by atoms with Gasteiger partial charge < -0.3 is 81.4 Å². The van der Waals surface area contributed by atoms with Crippen LogP contribution in [0.2, 0.25) is 0 Å². The minimum Gasteiger partial charge on any atom is -0.508 e. The first-order chi connectivity index (χ1) is 35.2. The zero-order valence-electron chi connectivity index (χ0n) is 40.9. The van der Waals surface area contributed by atoms with Gasteiger partial charge >= 0.3 is 0 Å². The summed E-state index contributed by atoms with van der Waals surface area (Å²) < 4.78 is 0. The zero-order chi connectivity index (χ0) is 54.3. The Bertz CT molecular complexity index is 2380. The van der Waals surface area contributed by atoms with Crippen LogP contribution in [0.15, 0.2) is 59.6 Å². The van der Waals surface area contributed by atoms with E-state index in [9.17, 15) is 57.8 Å². The number of guanidine groups is 1. The molecular weight excluding hydrogens is 1020 g/mol. The molecule has 2 aromatic carbocycles. The van der Waals surface area contributed by atoms with Crippen LogP contribution in [0.25, 0.3) is 0 Å². The number of rotatable bonds is 19. The lowest BCUT2D eigenvalue weighted by Gasteiger charge is -2.31. The minimum atomic E-state index is -1.77. The normalized spacial score (nSPS) is 21.4. The molecule has 0 saturated carbocycles. The van der Waals surface area contributed by atoms with Crippen molar-refractivity contribution in [3.8, 4) is 5.75 Å². The maximum atomic E-state index is 14.6. The molecule has 2 aromatic rings. The molecule has 27 nitrogen and oxygen atoms in total. The number of phenols is 1. The van der Waals surface area contributed by atoms with E-state index in [2.05, 4.69) is 42.2 Å². The van der Waals surface area contributed by atoms with Gasteiger partial charge in [-0.25, -0.2) is 0 Å². The second kappa shape index (κ2) is 31.2. The van der Waals surface area contributed by atoms with Crippen molar-refractivity contribution in [2.75, 3.05) is 31.1 Å². The maximum absolute atomic E-state index is 14.6. The number of nitrogens with zero attached hydrogens (tertiary/aromatic N) is 2. The van der Waals surface area contributed by atoms with Crippen molar-refractivity contribution in [3.05, 3.63) is 65.7 Å². The number of hydrogen-bond donors (Lipinski definition) is 13. The summed E-state index contributed by atoms with van der Waals surface area (Å²) in [4.78, 5) is 153. The summed E-state index contributed by atoms with van der Waals surface area (Å²) in [6.45, 7) is -0.402. The van der Waals surface area contributed by atoms with Crippen molar-refractivity contribution in [2.45, 2.75) is 107 Å². The van der Waals surface area contributed by atoms with Crippen LogP contribution in [0.1, 0.15) is 62.5 Å². The molecule has 2 heterocycles. The first-order valence-electron chi connectivity index (χ1n) is 23.6. The van der Waals surface area contributed by atoms with E-state index in [0.717, 1.165) is 21.6 Å². The number of phenolic OH excluding ortho intramolecular Hbond substituents is 1. The maximum Gasteiger partial charge on any atom is 0.246 e. The largest absolute Gasteiger partial charge is 0.508 e. The Morgan fingerprint density at radius 3 is 1.96 bits per heavy atom. The average molecular weight is 1090 g/mol. The number of amides is 11. The van der Waals surface area contributed by atoms with Gasteiger partial charge in [0.2, 0.25) is 65.0 Å². The molecule has 2 saturated heterocycles. The first kappa shape index (κ1) is 61.6. The SMILES string of the molecule is NC(=O)CCC1NC(=O)C(Cc2ccccc2)NC(=O)C(Cc2ccc(O)cc2)NC(=O)CCSSCC(C(=O)N2CCCC2C(=O)NC(CCCN=C(N)N)C(=O)NCC(N)=O)NC(=O)C(CC(N)=O)NC1=O.O. The number of nitrogens with two attached hydrogens (primary N) is 5. The molecule has 0 bridgehead atoms. The third-order valence-electron chi connectivity index (χ3n) is 11.5. The van der Waals surface area contributed by atoms with Crippen LogP contribution < -0.4 is 65.9 Å². The summed E-state index contributed by atoms with van der Waals surface area (Å²) in [6, 6.07) is 4.52. The Kier molecular flexibility index (Phi) is 25.6. The van der Waals surface area contributed by atoms with Crippen LogP contribution in [0, 0.1) is 0 Å². The summed E-state index contributed by atoms with van der Waals surface area (Å²) in [5, 5.41) is 27.8. The molecule has 29 heteroatoms. The number of likely N-dealkylation sites (tertiary alicyclic amines) is 1. The highest BCUT2D eigenvalue weighted by molar-refractivity contribution is 8.76. The first-order valence-corrected chi connectivity index (χ1v) is 26.0. The number of aliphatic imine (C=N–C) groups is 1. The Morgan fingerprint density at radius 1 is 0.733 bits per heavy atom. The van der Waals surface area contributed by atoms with Gasteiger partial charge in [-0.3, -0.25) is 57.7 Å². The highest BCUT2D eigenvalue weighted by Crippen LogP contribution is 2.26. The Hall–Kier alpha value is -7.66. The monoisotopic (exact) mass is 1090 g/mol. The number of carbonyl (C=O) groups is 11. The van der Waals surface area contributed by atoms with Crippen molar-refractivity contribution < 1.29 is 63.3 Å². The molecule has 20 N–H and O–H groups in total. The number of carbonyl (C=O) groups excluding carboxylic acids is 11. The number of hydrogen-bond acceptors (Lipinski definition) is 15. The Labute approximate surface area is 439 Å². The van der Waals surface area contributed by atoms with E-state index < -0.39 is 133 Å². The van der Waals surface area contributed by atoms with E-state index in [-0.39, 0.29) is 80.3 Å². The van der Waals surface area contributed by atoms with Crippen LogP contribution >= 0.6 is 21.6 Å². The van der Waals surface area contributed by atoms with Gasteiger partial charge in [0.1, 0.15) is 48.0 Å². The lowest BCUT2D eigenvalue weighted by atomic mass is 10.0. The Balaban J connectivity index is 0.0000148. The van der Waals surface area contributed by atoms with E-state index in [0.29, 0.717) is 17.5 Å². The van der Waals surface area contributed by atoms with Crippen molar-refractivity contribution in [1.29, 1.82) is 0 Å². The second-order valence-corrected chi connectivity index (χ2v) is 20.0. The fraction of sp³-hybridized carbons (Fsp3) is 0.478. The van der Waals surface area contributed by atoms with Crippen molar-refractivity contribution in [1.82, 2.24) is 42.1 Å². The molecule has 4 rings (SSSR count). The van der Waals surface area contributed by atoms with Gasteiger partial charge in [0.25, 0.3) is 0 Å². The van der Waals surface area contributed by atoms with Crippen molar-refractivity contribution in [3.63, 3.8) is 0 Å². The molecule has 0 aromatic heterocycles. The van der Waals surface area contributed by atoms with Gasteiger partial charge in [0.05, 0.1) is 13.0 Å². The van der Waals surface area contributed by atoms with E-state index >= 15 is 0 Å².